The van der Waals surface area contributed by atoms with Gasteiger partial charge in [0.1, 0.15) is 11.9 Å². The minimum Gasteiger partial charge on any atom is -0.486 e. The van der Waals surface area contributed by atoms with E-state index in [1.807, 2.05) is 56.1 Å². The minimum atomic E-state index is -4.38. The molecule has 0 spiro atoms. The second-order valence-electron chi connectivity index (χ2n) is 7.13. The Bertz CT molecular complexity index is 775. The van der Waals surface area contributed by atoms with Crippen molar-refractivity contribution in [2.75, 3.05) is 33.2 Å². The van der Waals surface area contributed by atoms with Crippen molar-refractivity contribution >= 4 is 5.91 Å². The lowest BCUT2D eigenvalue weighted by atomic mass is 10.1. The molecule has 0 heterocycles. The molecule has 1 amide bonds. The van der Waals surface area contributed by atoms with Crippen LogP contribution in [0.1, 0.15) is 37.5 Å². The van der Waals surface area contributed by atoms with Gasteiger partial charge in [-0.1, -0.05) is 30.3 Å². The van der Waals surface area contributed by atoms with Crippen LogP contribution in [0.3, 0.4) is 0 Å². The summed E-state index contributed by atoms with van der Waals surface area (Å²) >= 11 is 0. The normalized spacial score (nSPS) is 12.6. The van der Waals surface area contributed by atoms with Gasteiger partial charge in [0.2, 0.25) is 5.91 Å². The third-order valence-electron chi connectivity index (χ3n) is 4.93. The summed E-state index contributed by atoms with van der Waals surface area (Å²) in [7, 11) is 1.88. The molecule has 0 saturated heterocycles. The van der Waals surface area contributed by atoms with Gasteiger partial charge in [-0.05, 0) is 50.7 Å². The molecule has 0 fully saturated rings. The monoisotopic (exact) mass is 422 g/mol. The average molecular weight is 422 g/mol. The van der Waals surface area contributed by atoms with Gasteiger partial charge in [-0.3, -0.25) is 9.69 Å². The summed E-state index contributed by atoms with van der Waals surface area (Å²) in [5.74, 6) is 0.446. The fraction of sp³-hybridized carbons (Fsp3) is 0.435. The second kappa shape index (κ2) is 11.0. The van der Waals surface area contributed by atoms with Crippen molar-refractivity contribution in [1.82, 2.24) is 9.80 Å². The molecule has 2 aromatic carbocycles. The topological polar surface area (TPSA) is 32.8 Å². The first-order valence-electron chi connectivity index (χ1n) is 10.1. The summed E-state index contributed by atoms with van der Waals surface area (Å²) in [6.07, 6.45) is -4.13. The van der Waals surface area contributed by atoms with Crippen molar-refractivity contribution in [2.45, 2.75) is 32.5 Å². The first kappa shape index (κ1) is 23.7. The quantitative estimate of drug-likeness (QED) is 0.539. The molecule has 30 heavy (non-hydrogen) atoms. The molecule has 1 atom stereocenters. The molecular weight excluding hydrogens is 393 g/mol. The number of hydrogen-bond acceptors (Lipinski definition) is 3. The van der Waals surface area contributed by atoms with Crippen molar-refractivity contribution in [3.8, 4) is 5.75 Å². The lowest BCUT2D eigenvalue weighted by Gasteiger charge is -2.25. The minimum absolute atomic E-state index is 0.0717. The van der Waals surface area contributed by atoms with Gasteiger partial charge in [0.25, 0.3) is 0 Å². The van der Waals surface area contributed by atoms with Gasteiger partial charge in [0, 0.05) is 26.1 Å². The van der Waals surface area contributed by atoms with E-state index in [1.165, 1.54) is 12.1 Å². The van der Waals surface area contributed by atoms with Crippen molar-refractivity contribution in [3.63, 3.8) is 0 Å². The first-order valence-corrected chi connectivity index (χ1v) is 10.1. The number of benzene rings is 2. The number of carbonyl (C=O) groups excluding carboxylic acids is 1. The molecule has 164 valence electrons. The predicted octanol–water partition coefficient (Wildman–Crippen LogP) is 5.02. The zero-order valence-corrected chi connectivity index (χ0v) is 17.7. The average Bonchev–Trinajstić information content (AvgIpc) is 2.72. The molecule has 0 N–H and O–H groups in total. The molecule has 2 aromatic rings. The van der Waals surface area contributed by atoms with E-state index in [2.05, 4.69) is 0 Å². The summed E-state index contributed by atoms with van der Waals surface area (Å²) < 4.78 is 44.4. The molecule has 0 aliphatic heterocycles. The highest BCUT2D eigenvalue weighted by Gasteiger charge is 2.30. The SMILES string of the molecule is CCN(CC)C(=O)CN(C)CCC(Oc1ccc(C(F)(F)F)cc1)c1ccccc1. The number of ether oxygens (including phenoxy) is 1. The van der Waals surface area contributed by atoms with Crippen molar-refractivity contribution in [2.24, 2.45) is 0 Å². The highest BCUT2D eigenvalue weighted by atomic mass is 19.4. The summed E-state index contributed by atoms with van der Waals surface area (Å²) in [6.45, 7) is 6.16. The third-order valence-corrected chi connectivity index (χ3v) is 4.93. The molecule has 0 aliphatic rings. The maximum atomic E-state index is 12.8. The van der Waals surface area contributed by atoms with Crippen molar-refractivity contribution in [1.29, 1.82) is 0 Å². The van der Waals surface area contributed by atoms with E-state index >= 15 is 0 Å². The van der Waals surface area contributed by atoms with Gasteiger partial charge in [-0.2, -0.15) is 13.2 Å². The number of halogens is 3. The predicted molar refractivity (Wildman–Crippen MR) is 111 cm³/mol. The maximum absolute atomic E-state index is 12.8. The van der Waals surface area contributed by atoms with E-state index in [1.54, 1.807) is 4.90 Å². The Balaban J connectivity index is 2.05. The maximum Gasteiger partial charge on any atom is 0.416 e. The lowest BCUT2D eigenvalue weighted by molar-refractivity contribution is -0.137. The number of likely N-dealkylation sites (N-methyl/N-ethyl adjacent to an activating group) is 2. The van der Waals surface area contributed by atoms with Crippen LogP contribution >= 0.6 is 0 Å². The molecule has 2 rings (SSSR count). The third kappa shape index (κ3) is 7.06. The van der Waals surface area contributed by atoms with Crippen LogP contribution in [0.25, 0.3) is 0 Å². The summed E-state index contributed by atoms with van der Waals surface area (Å²) in [5.41, 5.74) is 0.224. The number of rotatable bonds is 10. The summed E-state index contributed by atoms with van der Waals surface area (Å²) in [5, 5.41) is 0. The van der Waals surface area contributed by atoms with E-state index in [0.717, 1.165) is 17.7 Å². The fourth-order valence-corrected chi connectivity index (χ4v) is 3.17. The Morgan fingerprint density at radius 2 is 1.60 bits per heavy atom. The summed E-state index contributed by atoms with van der Waals surface area (Å²) in [6, 6.07) is 14.3. The van der Waals surface area contributed by atoms with E-state index in [-0.39, 0.29) is 12.0 Å². The Morgan fingerprint density at radius 3 is 2.13 bits per heavy atom. The zero-order chi connectivity index (χ0) is 22.1. The van der Waals surface area contributed by atoms with Crippen LogP contribution in [-0.2, 0) is 11.0 Å². The smallest absolute Gasteiger partial charge is 0.416 e. The van der Waals surface area contributed by atoms with Gasteiger partial charge in [-0.15, -0.1) is 0 Å². The molecule has 0 aromatic heterocycles. The Kier molecular flexibility index (Phi) is 8.72. The van der Waals surface area contributed by atoms with E-state index in [9.17, 15) is 18.0 Å². The van der Waals surface area contributed by atoms with E-state index < -0.39 is 11.7 Å². The van der Waals surface area contributed by atoms with E-state index in [4.69, 9.17) is 4.74 Å². The number of carbonyl (C=O) groups is 1. The largest absolute Gasteiger partial charge is 0.486 e. The molecule has 0 bridgehead atoms. The second-order valence-corrected chi connectivity index (χ2v) is 7.13. The van der Waals surface area contributed by atoms with Crippen LogP contribution in [0.2, 0.25) is 0 Å². The molecule has 1 unspecified atom stereocenters. The van der Waals surface area contributed by atoms with Gasteiger partial charge in [0.05, 0.1) is 12.1 Å². The number of amides is 1. The van der Waals surface area contributed by atoms with Crippen LogP contribution in [-0.4, -0.2) is 48.9 Å². The Morgan fingerprint density at radius 1 is 1.00 bits per heavy atom. The van der Waals surface area contributed by atoms with Crippen molar-refractivity contribution in [3.05, 3.63) is 65.7 Å². The molecule has 0 aliphatic carbocycles. The molecule has 7 heteroatoms. The Hall–Kier alpha value is -2.54. The molecule has 0 radical (unpaired) electrons. The number of nitrogens with zero attached hydrogens (tertiary/aromatic N) is 2. The van der Waals surface area contributed by atoms with Gasteiger partial charge >= 0.3 is 6.18 Å². The van der Waals surface area contributed by atoms with Crippen LogP contribution in [0.5, 0.6) is 5.75 Å². The van der Waals surface area contributed by atoms with Crippen LogP contribution in [0.4, 0.5) is 13.2 Å². The van der Waals surface area contributed by atoms with Crippen LogP contribution < -0.4 is 4.74 Å². The highest BCUT2D eigenvalue weighted by molar-refractivity contribution is 5.78. The van der Waals surface area contributed by atoms with Gasteiger partial charge < -0.3 is 9.64 Å². The Labute approximate surface area is 176 Å². The number of alkyl halides is 3. The highest BCUT2D eigenvalue weighted by Crippen LogP contribution is 2.32. The fourth-order valence-electron chi connectivity index (χ4n) is 3.17. The van der Waals surface area contributed by atoms with Gasteiger partial charge in [0.15, 0.2) is 0 Å². The molecule has 4 nitrogen and oxygen atoms in total. The standard InChI is InChI=1S/C23H29F3N2O2/c1-4-28(5-2)22(29)17-27(3)16-15-21(18-9-7-6-8-10-18)30-20-13-11-19(12-14-20)23(24,25)26/h6-14,21H,4-5,15-17H2,1-3H3. The first-order chi connectivity index (χ1) is 14.2. The van der Waals surface area contributed by atoms with E-state index in [0.29, 0.717) is 38.3 Å². The molecular formula is C23H29F3N2O2. The van der Waals surface area contributed by atoms with Crippen LogP contribution in [0.15, 0.2) is 54.6 Å². The zero-order valence-electron chi connectivity index (χ0n) is 17.7. The molecule has 0 saturated carbocycles. The number of hydrogen-bond donors (Lipinski definition) is 0. The lowest BCUT2D eigenvalue weighted by Crippen LogP contribution is -2.39. The van der Waals surface area contributed by atoms with Crippen molar-refractivity contribution < 1.29 is 22.7 Å². The van der Waals surface area contributed by atoms with Gasteiger partial charge in [-0.25, -0.2) is 0 Å². The summed E-state index contributed by atoms with van der Waals surface area (Å²) in [4.78, 5) is 16.0. The van der Waals surface area contributed by atoms with Crippen LogP contribution in [0, 0.1) is 0 Å².